The maximum absolute atomic E-state index is 11.8. The fourth-order valence-electron chi connectivity index (χ4n) is 2.19. The Balaban J connectivity index is 0.00000420. The van der Waals surface area contributed by atoms with Crippen LogP contribution in [0, 0.1) is 0 Å². The summed E-state index contributed by atoms with van der Waals surface area (Å²) in [6.45, 7) is 5.12. The molecular formula is C22H22N2O5V-2. The Morgan fingerprint density at radius 2 is 1.73 bits per heavy atom. The van der Waals surface area contributed by atoms with E-state index in [2.05, 4.69) is 16.6 Å². The molecule has 1 radical (unpaired) electrons. The zero-order valence-electron chi connectivity index (χ0n) is 16.9. The van der Waals surface area contributed by atoms with Gasteiger partial charge in [-0.15, -0.1) is 0 Å². The van der Waals surface area contributed by atoms with E-state index in [1.54, 1.807) is 31.4 Å². The second-order valence-electron chi connectivity index (χ2n) is 5.76. The van der Waals surface area contributed by atoms with Gasteiger partial charge in [-0.1, -0.05) is 18.7 Å². The number of ether oxygens (including phenoxy) is 2. The van der Waals surface area contributed by atoms with Crippen LogP contribution in [0.15, 0.2) is 76.4 Å². The Labute approximate surface area is 187 Å². The van der Waals surface area contributed by atoms with Gasteiger partial charge in [-0.05, 0) is 43.3 Å². The molecule has 0 spiro atoms. The Hall–Kier alpha value is -3.13. The molecule has 0 atom stereocenters. The maximum atomic E-state index is 11.8. The van der Waals surface area contributed by atoms with Crippen LogP contribution in [0.3, 0.4) is 0 Å². The third kappa shape index (κ3) is 7.71. The number of hydrogen-bond donors (Lipinski definition) is 1. The van der Waals surface area contributed by atoms with E-state index in [4.69, 9.17) is 9.47 Å². The second-order valence-corrected chi connectivity index (χ2v) is 5.76. The van der Waals surface area contributed by atoms with Crippen LogP contribution in [-0.4, -0.2) is 37.5 Å². The van der Waals surface area contributed by atoms with Gasteiger partial charge < -0.3 is 20.1 Å². The Bertz CT molecular complexity index is 968. The molecular weight excluding hydrogens is 423 g/mol. The standard InChI is InChI=1S/C22H22N2O4.O.V/c1-15(27-3)11-17(16(2)25)13-23-20-7-5-6-8-21(20)24-14-18-12-19(28-4)9-10-22(18)26;;/h5-14,26H,1H2,2-4H3;;/q;-2;/b17-11-,23-13?,24-14?;;. The maximum Gasteiger partial charge on any atom is 0.161 e. The van der Waals surface area contributed by atoms with Crippen molar-refractivity contribution in [2.45, 2.75) is 6.92 Å². The van der Waals surface area contributed by atoms with E-state index in [-0.39, 0.29) is 35.6 Å². The van der Waals surface area contributed by atoms with Crippen LogP contribution in [0.25, 0.3) is 0 Å². The number of rotatable bonds is 8. The number of phenols is 1. The number of ketones is 1. The van der Waals surface area contributed by atoms with Crippen LogP contribution in [-0.2, 0) is 33.6 Å². The van der Waals surface area contributed by atoms with Crippen molar-refractivity contribution in [2.75, 3.05) is 14.2 Å². The third-order valence-corrected chi connectivity index (χ3v) is 3.79. The van der Waals surface area contributed by atoms with Crippen molar-refractivity contribution < 1.29 is 43.4 Å². The Morgan fingerprint density at radius 1 is 1.10 bits per heavy atom. The number of Topliss-reactive ketones (excluding diaryl/α,β-unsaturated/α-hetero) is 1. The second kappa shape index (κ2) is 13.2. The number of carbonyl (C=O) groups is 1. The van der Waals surface area contributed by atoms with E-state index in [0.717, 1.165) is 0 Å². The molecule has 0 heterocycles. The minimum Gasteiger partial charge on any atom is -2.00 e. The summed E-state index contributed by atoms with van der Waals surface area (Å²) in [7, 11) is 3.03. The van der Waals surface area contributed by atoms with Crippen molar-refractivity contribution in [1.29, 1.82) is 0 Å². The van der Waals surface area contributed by atoms with E-state index in [1.807, 2.05) is 12.1 Å². The van der Waals surface area contributed by atoms with Crippen LogP contribution >= 0.6 is 0 Å². The molecule has 30 heavy (non-hydrogen) atoms. The number of para-hydroxylation sites is 2. The molecule has 0 aliphatic rings. The molecule has 2 rings (SSSR count). The fraction of sp³-hybridized carbons (Fsp3) is 0.136. The summed E-state index contributed by atoms with van der Waals surface area (Å²) in [5, 5.41) is 9.98. The molecule has 0 fully saturated rings. The summed E-state index contributed by atoms with van der Waals surface area (Å²) in [5.74, 6) is 0.895. The van der Waals surface area contributed by atoms with E-state index >= 15 is 0 Å². The number of phenolic OH excluding ortho intramolecular Hbond substituents is 1. The summed E-state index contributed by atoms with van der Waals surface area (Å²) >= 11 is 0. The van der Waals surface area contributed by atoms with Crippen molar-refractivity contribution in [1.82, 2.24) is 0 Å². The van der Waals surface area contributed by atoms with E-state index < -0.39 is 0 Å². The number of methoxy groups -OCH3 is 2. The molecule has 1 N–H and O–H groups in total. The monoisotopic (exact) mass is 445 g/mol. The number of carbonyl (C=O) groups excluding carboxylic acids is 1. The molecule has 0 bridgehead atoms. The van der Waals surface area contributed by atoms with Gasteiger partial charge in [0.05, 0.1) is 25.6 Å². The third-order valence-electron chi connectivity index (χ3n) is 3.79. The predicted molar refractivity (Wildman–Crippen MR) is 112 cm³/mol. The van der Waals surface area contributed by atoms with Crippen LogP contribution in [0.4, 0.5) is 11.4 Å². The molecule has 7 nitrogen and oxygen atoms in total. The smallest absolute Gasteiger partial charge is 0.161 e. The molecule has 2 aromatic rings. The van der Waals surface area contributed by atoms with Gasteiger partial charge in [0.1, 0.15) is 17.3 Å². The van der Waals surface area contributed by atoms with Crippen molar-refractivity contribution in [2.24, 2.45) is 9.98 Å². The summed E-state index contributed by atoms with van der Waals surface area (Å²) in [5.41, 5.74) is 2.01. The predicted octanol–water partition coefficient (Wildman–Crippen LogP) is 4.41. The minimum atomic E-state index is -0.163. The summed E-state index contributed by atoms with van der Waals surface area (Å²) in [6, 6.07) is 12.1. The van der Waals surface area contributed by atoms with E-state index in [9.17, 15) is 9.90 Å². The van der Waals surface area contributed by atoms with Gasteiger partial charge >= 0.3 is 0 Å². The summed E-state index contributed by atoms with van der Waals surface area (Å²) in [4.78, 5) is 20.6. The topological polar surface area (TPSA) is 109 Å². The number of aliphatic imine (C=N–C) groups is 2. The molecule has 2 aromatic carbocycles. The number of hydrogen-bond acceptors (Lipinski definition) is 6. The summed E-state index contributed by atoms with van der Waals surface area (Å²) < 4.78 is 10.1. The van der Waals surface area contributed by atoms with Gasteiger partial charge in [-0.3, -0.25) is 14.8 Å². The van der Waals surface area contributed by atoms with E-state index in [0.29, 0.717) is 34.0 Å². The molecule has 157 valence electrons. The number of allylic oxidation sites excluding steroid dienone is 2. The quantitative estimate of drug-likeness (QED) is 0.281. The summed E-state index contributed by atoms with van der Waals surface area (Å²) in [6.07, 6.45) is 4.50. The van der Waals surface area contributed by atoms with Gasteiger partial charge in [-0.2, -0.15) is 0 Å². The number of aromatic hydroxyl groups is 1. The molecule has 0 saturated heterocycles. The first-order valence-electron chi connectivity index (χ1n) is 8.44. The van der Waals surface area contributed by atoms with Crippen LogP contribution in [0.5, 0.6) is 11.5 Å². The minimum absolute atomic E-state index is 0. The Kier molecular flexibility index (Phi) is 11.8. The van der Waals surface area contributed by atoms with Gasteiger partial charge in [0.15, 0.2) is 5.78 Å². The van der Waals surface area contributed by atoms with Gasteiger partial charge in [-0.25, -0.2) is 0 Å². The van der Waals surface area contributed by atoms with Gasteiger partial charge in [0, 0.05) is 42.1 Å². The first-order chi connectivity index (χ1) is 13.4. The number of nitrogens with zero attached hydrogens (tertiary/aromatic N) is 2. The average molecular weight is 445 g/mol. The van der Waals surface area contributed by atoms with Crippen molar-refractivity contribution in [3.05, 3.63) is 72.0 Å². The van der Waals surface area contributed by atoms with Gasteiger partial charge in [0.2, 0.25) is 0 Å². The largest absolute Gasteiger partial charge is 2.00 e. The number of benzene rings is 2. The zero-order chi connectivity index (χ0) is 20.5. The molecule has 0 saturated carbocycles. The van der Waals surface area contributed by atoms with E-state index in [1.165, 1.54) is 38.6 Å². The molecule has 0 aliphatic heterocycles. The Morgan fingerprint density at radius 3 is 2.30 bits per heavy atom. The zero-order valence-corrected chi connectivity index (χ0v) is 18.3. The SMILES string of the molecule is C=C(/C=C(/C=Nc1ccccc1N=Cc1cc(OC)ccc1O)C(C)=O)OC.[O-2].[V]. The molecule has 0 aromatic heterocycles. The molecule has 0 unspecified atom stereocenters. The van der Waals surface area contributed by atoms with Crippen molar-refractivity contribution in [3.63, 3.8) is 0 Å². The normalized spacial score (nSPS) is 11.0. The van der Waals surface area contributed by atoms with Crippen molar-refractivity contribution >= 4 is 29.6 Å². The molecule has 0 aliphatic carbocycles. The van der Waals surface area contributed by atoms with Crippen LogP contribution in [0.1, 0.15) is 12.5 Å². The molecule has 8 heteroatoms. The van der Waals surface area contributed by atoms with Crippen molar-refractivity contribution in [3.8, 4) is 11.5 Å². The molecule has 0 amide bonds. The average Bonchev–Trinajstić information content (AvgIpc) is 2.70. The first-order valence-corrected chi connectivity index (χ1v) is 8.44. The van der Waals surface area contributed by atoms with Crippen LogP contribution in [0.2, 0.25) is 0 Å². The fourth-order valence-corrected chi connectivity index (χ4v) is 2.19. The first kappa shape index (κ1) is 26.9. The van der Waals surface area contributed by atoms with Gasteiger partial charge in [0.25, 0.3) is 0 Å². The van der Waals surface area contributed by atoms with Crippen LogP contribution < -0.4 is 4.74 Å².